The SMILES string of the molecule is COc1ccc(CN(Cc2ccc(OC)cc2)S(=O)(=O)c2c(N(C[C@H](C)OC(=O)NC(C)(C)C)[SH](=O)=O)ccc(I)c2-c2nnnn2Cc2ccc(OC)cc2)cc1. The highest BCUT2D eigenvalue weighted by molar-refractivity contribution is 14.1. The number of sulfonamides is 1. The van der Waals surface area contributed by atoms with E-state index in [9.17, 15) is 13.2 Å². The number of carbonyl (C=O) groups is 1. The summed E-state index contributed by atoms with van der Waals surface area (Å²) in [4.78, 5) is 12.4. The van der Waals surface area contributed by atoms with Crippen LogP contribution in [0, 0.1) is 3.57 Å². The molecule has 0 radical (unpaired) electrons. The van der Waals surface area contributed by atoms with Gasteiger partial charge in [-0.05, 0) is 126 Å². The minimum Gasteiger partial charge on any atom is -0.497 e. The Balaban J connectivity index is 1.72. The number of methoxy groups -OCH3 is 3. The van der Waals surface area contributed by atoms with Gasteiger partial charge in [0, 0.05) is 22.2 Å². The van der Waals surface area contributed by atoms with E-state index in [0.717, 1.165) is 9.87 Å². The van der Waals surface area contributed by atoms with E-state index in [0.29, 0.717) is 31.9 Å². The maximum Gasteiger partial charge on any atom is 0.407 e. The number of thiol groups is 1. The Morgan fingerprint density at radius 1 is 0.828 bits per heavy atom. The Labute approximate surface area is 353 Å². The Kier molecular flexibility index (Phi) is 14.6. The summed E-state index contributed by atoms with van der Waals surface area (Å²) in [5.41, 5.74) is 1.32. The van der Waals surface area contributed by atoms with Gasteiger partial charge in [0.1, 0.15) is 28.2 Å². The second-order valence-corrected chi connectivity index (χ2v) is 18.2. The molecule has 16 nitrogen and oxygen atoms in total. The van der Waals surface area contributed by atoms with Crippen molar-refractivity contribution in [1.82, 2.24) is 29.8 Å². The summed E-state index contributed by atoms with van der Waals surface area (Å²) in [6, 6.07) is 24.2. The zero-order chi connectivity index (χ0) is 42.2. The van der Waals surface area contributed by atoms with Crippen LogP contribution in [0.2, 0.25) is 0 Å². The molecule has 1 amide bonds. The lowest BCUT2D eigenvalue weighted by Crippen LogP contribution is -2.43. The summed E-state index contributed by atoms with van der Waals surface area (Å²) in [6.07, 6.45) is -1.77. The average molecular weight is 948 g/mol. The second kappa shape index (κ2) is 19.2. The number of nitrogens with zero attached hydrogens (tertiary/aromatic N) is 6. The largest absolute Gasteiger partial charge is 0.497 e. The number of tetrazole rings is 1. The zero-order valence-corrected chi connectivity index (χ0v) is 36.9. The number of rotatable bonds is 17. The number of aromatic nitrogens is 4. The molecule has 58 heavy (non-hydrogen) atoms. The normalized spacial score (nSPS) is 12.3. The monoisotopic (exact) mass is 947 g/mol. The number of halogens is 1. The highest BCUT2D eigenvalue weighted by atomic mass is 127. The molecule has 5 aromatic rings. The van der Waals surface area contributed by atoms with Gasteiger partial charge in [-0.2, -0.15) is 4.31 Å². The molecule has 0 aliphatic rings. The first-order valence-corrected chi connectivity index (χ1v) is 21.6. The molecule has 0 saturated heterocycles. The van der Waals surface area contributed by atoms with Crippen molar-refractivity contribution in [1.29, 1.82) is 0 Å². The van der Waals surface area contributed by atoms with Crippen LogP contribution in [-0.4, -0.2) is 87.0 Å². The van der Waals surface area contributed by atoms with Crippen molar-refractivity contribution in [3.05, 3.63) is 105 Å². The van der Waals surface area contributed by atoms with Gasteiger partial charge in [0.15, 0.2) is 5.82 Å². The van der Waals surface area contributed by atoms with Crippen molar-refractivity contribution in [2.24, 2.45) is 0 Å². The molecular formula is C39H46IN7O9S2. The molecule has 19 heteroatoms. The molecular weight excluding hydrogens is 902 g/mol. The molecule has 4 aromatic carbocycles. The molecule has 0 aliphatic heterocycles. The molecule has 0 spiro atoms. The summed E-state index contributed by atoms with van der Waals surface area (Å²) in [6.45, 7) is 6.34. The number of alkyl carbamates (subject to hydrolysis) is 1. The number of nitrogens with one attached hydrogen (secondary N) is 1. The molecule has 310 valence electrons. The fraction of sp³-hybridized carbons (Fsp3) is 0.333. The number of hydrogen-bond acceptors (Lipinski definition) is 12. The van der Waals surface area contributed by atoms with Gasteiger partial charge in [-0.25, -0.2) is 26.3 Å². The van der Waals surface area contributed by atoms with Gasteiger partial charge in [-0.3, -0.25) is 4.31 Å². The van der Waals surface area contributed by atoms with Crippen molar-refractivity contribution in [3.8, 4) is 28.6 Å². The third-order valence-electron chi connectivity index (χ3n) is 8.66. The van der Waals surface area contributed by atoms with E-state index >= 15 is 8.42 Å². The lowest BCUT2D eigenvalue weighted by Gasteiger charge is -2.29. The van der Waals surface area contributed by atoms with Gasteiger partial charge < -0.3 is 24.3 Å². The number of amides is 1. The van der Waals surface area contributed by atoms with Gasteiger partial charge in [0.05, 0.1) is 45.7 Å². The summed E-state index contributed by atoms with van der Waals surface area (Å²) in [5, 5.41) is 15.2. The highest BCUT2D eigenvalue weighted by Crippen LogP contribution is 2.41. The van der Waals surface area contributed by atoms with Crippen molar-refractivity contribution in [3.63, 3.8) is 0 Å². The average Bonchev–Trinajstić information content (AvgIpc) is 3.64. The standard InChI is InChI=1S/C39H46IN7O9S2/c1-26(56-38(48)41-39(2,3)4)22-47(57(49)50)34-21-20-33(40)35(37-42-43-44-46(37)25-29-12-18-32(55-7)19-13-29)36(34)58(51,52)45(23-27-8-14-30(53-5)15-9-27)24-28-10-16-31(54-6)17-11-28/h8-21,26,57H,22-25H2,1-7H3,(H,41,48)/t26-/m0/s1. The van der Waals surface area contributed by atoms with Crippen molar-refractivity contribution < 1.29 is 40.6 Å². The van der Waals surface area contributed by atoms with E-state index in [4.69, 9.17) is 18.9 Å². The van der Waals surface area contributed by atoms with Crippen LogP contribution >= 0.6 is 22.6 Å². The van der Waals surface area contributed by atoms with Crippen molar-refractivity contribution in [2.45, 2.75) is 63.9 Å². The Morgan fingerprint density at radius 3 is 1.79 bits per heavy atom. The van der Waals surface area contributed by atoms with Crippen LogP contribution in [0.5, 0.6) is 17.2 Å². The Hall–Kier alpha value is -4.99. The van der Waals surface area contributed by atoms with E-state index < -0.39 is 45.2 Å². The first kappa shape index (κ1) is 44.1. The minimum atomic E-state index is -4.69. The molecule has 0 fully saturated rings. The summed E-state index contributed by atoms with van der Waals surface area (Å²) in [5.74, 6) is 1.89. The molecule has 0 aliphatic carbocycles. The lowest BCUT2D eigenvalue weighted by molar-refractivity contribution is 0.104. The van der Waals surface area contributed by atoms with E-state index in [-0.39, 0.29) is 41.6 Å². The lowest BCUT2D eigenvalue weighted by atomic mass is 10.1. The third kappa shape index (κ3) is 11.1. The topological polar surface area (TPSA) is 184 Å². The van der Waals surface area contributed by atoms with E-state index in [1.807, 2.05) is 34.7 Å². The Bertz CT molecular complexity index is 2310. The van der Waals surface area contributed by atoms with Gasteiger partial charge in [-0.1, -0.05) is 36.4 Å². The molecule has 0 bridgehead atoms. The molecule has 0 unspecified atom stereocenters. The molecule has 1 N–H and O–H groups in total. The van der Waals surface area contributed by atoms with Gasteiger partial charge in [0.2, 0.25) is 20.9 Å². The summed E-state index contributed by atoms with van der Waals surface area (Å²) < 4.78 is 83.3. The molecule has 1 aromatic heterocycles. The first-order chi connectivity index (χ1) is 27.5. The molecule has 1 heterocycles. The van der Waals surface area contributed by atoms with Crippen LogP contribution in [0.4, 0.5) is 10.5 Å². The van der Waals surface area contributed by atoms with Crippen LogP contribution in [0.25, 0.3) is 11.4 Å². The second-order valence-electron chi connectivity index (χ2n) is 14.2. The van der Waals surface area contributed by atoms with Crippen LogP contribution in [0.1, 0.15) is 44.4 Å². The van der Waals surface area contributed by atoms with Crippen LogP contribution in [0.15, 0.2) is 89.8 Å². The maximum absolute atomic E-state index is 15.6. The number of carbonyl (C=O) groups excluding carboxylic acids is 1. The fourth-order valence-electron chi connectivity index (χ4n) is 5.89. The van der Waals surface area contributed by atoms with E-state index in [2.05, 4.69) is 20.8 Å². The highest BCUT2D eigenvalue weighted by Gasteiger charge is 2.36. The van der Waals surface area contributed by atoms with Gasteiger partial charge >= 0.3 is 6.09 Å². The van der Waals surface area contributed by atoms with Crippen LogP contribution in [-0.2, 0) is 45.3 Å². The van der Waals surface area contributed by atoms with E-state index in [1.165, 1.54) is 36.2 Å². The van der Waals surface area contributed by atoms with E-state index in [1.54, 1.807) is 94.6 Å². The Morgan fingerprint density at radius 2 is 1.33 bits per heavy atom. The maximum atomic E-state index is 15.6. The number of ether oxygens (including phenoxy) is 4. The van der Waals surface area contributed by atoms with Crippen molar-refractivity contribution in [2.75, 3.05) is 32.2 Å². The predicted octanol–water partition coefficient (Wildman–Crippen LogP) is 5.66. The number of benzene rings is 4. The van der Waals surface area contributed by atoms with Crippen LogP contribution < -0.4 is 23.8 Å². The zero-order valence-electron chi connectivity index (χ0n) is 33.1. The minimum absolute atomic E-state index is 0.0735. The number of anilines is 1. The molecule has 1 atom stereocenters. The number of hydrogen-bond donors (Lipinski definition) is 2. The smallest absolute Gasteiger partial charge is 0.407 e. The van der Waals surface area contributed by atoms with Crippen LogP contribution in [0.3, 0.4) is 0 Å². The quantitative estimate of drug-likeness (QED) is 0.0864. The van der Waals surface area contributed by atoms with Gasteiger partial charge in [-0.15, -0.1) is 5.10 Å². The fourth-order valence-corrected chi connectivity index (χ4v) is 9.34. The summed E-state index contributed by atoms with van der Waals surface area (Å²) in [7, 11) is -3.57. The first-order valence-electron chi connectivity index (χ1n) is 17.9. The molecule has 5 rings (SSSR count). The third-order valence-corrected chi connectivity index (χ3v) is 12.2. The summed E-state index contributed by atoms with van der Waals surface area (Å²) >= 11 is 2.00. The van der Waals surface area contributed by atoms with Crippen molar-refractivity contribution >= 4 is 55.3 Å². The predicted molar refractivity (Wildman–Crippen MR) is 227 cm³/mol. The molecule has 0 saturated carbocycles. The van der Waals surface area contributed by atoms with Gasteiger partial charge in [0.25, 0.3) is 0 Å².